The minimum atomic E-state index is -3.31. The number of nitrogens with zero attached hydrogens (tertiary/aromatic N) is 1. The molecule has 16 heavy (non-hydrogen) atoms. The van der Waals surface area contributed by atoms with Crippen molar-refractivity contribution in [3.05, 3.63) is 28.5 Å². The van der Waals surface area contributed by atoms with Crippen molar-refractivity contribution in [2.45, 2.75) is 5.92 Å². The van der Waals surface area contributed by atoms with Gasteiger partial charge in [0.15, 0.2) is 0 Å². The van der Waals surface area contributed by atoms with E-state index >= 15 is 0 Å². The van der Waals surface area contributed by atoms with E-state index < -0.39 is 25.0 Å². The van der Waals surface area contributed by atoms with Crippen LogP contribution < -0.4 is 5.32 Å². The van der Waals surface area contributed by atoms with E-state index in [2.05, 4.69) is 20.9 Å². The third kappa shape index (κ3) is 3.82. The zero-order valence-corrected chi connectivity index (χ0v) is 9.67. The molecule has 1 amide bonds. The number of hydrogen-bond donors (Lipinski definition) is 2. The molecule has 0 aliphatic heterocycles. The molecule has 0 radical (unpaired) electrons. The summed E-state index contributed by atoms with van der Waals surface area (Å²) in [5.74, 6) is -3.98. The molecule has 1 aromatic heterocycles. The van der Waals surface area contributed by atoms with Crippen LogP contribution in [0.4, 0.5) is 8.78 Å². The molecule has 4 nitrogen and oxygen atoms in total. The van der Waals surface area contributed by atoms with E-state index in [1.165, 1.54) is 18.5 Å². The summed E-state index contributed by atoms with van der Waals surface area (Å²) in [7, 11) is 0. The van der Waals surface area contributed by atoms with Gasteiger partial charge in [0.25, 0.3) is 11.8 Å². The fraction of sp³-hybridized carbons (Fsp3) is 0.333. The predicted octanol–water partition coefficient (Wildman–Crippen LogP) is 1.20. The van der Waals surface area contributed by atoms with Gasteiger partial charge in [0, 0.05) is 16.9 Å². The maximum Gasteiger partial charge on any atom is 0.287 e. The van der Waals surface area contributed by atoms with Crippen molar-refractivity contribution in [3.63, 3.8) is 0 Å². The predicted molar refractivity (Wildman–Crippen MR) is 56.3 cm³/mol. The summed E-state index contributed by atoms with van der Waals surface area (Å²) in [5, 5.41) is 10.3. The molecule has 1 aromatic rings. The van der Waals surface area contributed by atoms with E-state index in [4.69, 9.17) is 5.11 Å². The Bertz CT molecular complexity index is 388. The van der Waals surface area contributed by atoms with Gasteiger partial charge in [0.05, 0.1) is 12.1 Å². The normalized spacial score (nSPS) is 11.2. The van der Waals surface area contributed by atoms with Gasteiger partial charge in [-0.05, 0) is 22.0 Å². The Morgan fingerprint density at radius 1 is 1.56 bits per heavy atom. The van der Waals surface area contributed by atoms with E-state index in [0.29, 0.717) is 4.47 Å². The molecule has 0 fully saturated rings. The van der Waals surface area contributed by atoms with Gasteiger partial charge in [0.2, 0.25) is 0 Å². The van der Waals surface area contributed by atoms with Crippen molar-refractivity contribution in [1.29, 1.82) is 0 Å². The molecule has 0 bridgehead atoms. The van der Waals surface area contributed by atoms with E-state index in [0.717, 1.165) is 0 Å². The fourth-order valence-electron chi connectivity index (χ4n) is 0.904. The van der Waals surface area contributed by atoms with Gasteiger partial charge in [-0.1, -0.05) is 0 Å². The van der Waals surface area contributed by atoms with Gasteiger partial charge in [-0.2, -0.15) is 0 Å². The Kier molecular flexibility index (Phi) is 4.31. The summed E-state index contributed by atoms with van der Waals surface area (Å²) in [6.07, 6.45) is 2.73. The number of carbonyl (C=O) groups is 1. The van der Waals surface area contributed by atoms with Crippen molar-refractivity contribution in [2.75, 3.05) is 13.2 Å². The Hall–Kier alpha value is -1.08. The number of aliphatic hydroxyl groups excluding tert-OH is 1. The molecule has 0 aliphatic rings. The minimum absolute atomic E-state index is 0.170. The average molecular weight is 295 g/mol. The van der Waals surface area contributed by atoms with Crippen molar-refractivity contribution < 1.29 is 18.7 Å². The van der Waals surface area contributed by atoms with E-state index in [1.807, 2.05) is 5.32 Å². The molecule has 0 unspecified atom stereocenters. The SMILES string of the molecule is O=C(NCC(F)(F)CO)c1cncc(Br)c1. The topological polar surface area (TPSA) is 62.2 Å². The second kappa shape index (κ2) is 5.31. The highest BCUT2D eigenvalue weighted by Gasteiger charge is 2.28. The van der Waals surface area contributed by atoms with Crippen LogP contribution in [0.2, 0.25) is 0 Å². The monoisotopic (exact) mass is 294 g/mol. The second-order valence-corrected chi connectivity index (χ2v) is 4.00. The van der Waals surface area contributed by atoms with Crippen LogP contribution in [-0.4, -0.2) is 35.1 Å². The average Bonchev–Trinajstić information content (AvgIpc) is 2.26. The lowest BCUT2D eigenvalue weighted by Gasteiger charge is -2.13. The molecule has 88 valence electrons. The second-order valence-electron chi connectivity index (χ2n) is 3.09. The molecule has 7 heteroatoms. The molecule has 0 aromatic carbocycles. The first-order chi connectivity index (χ1) is 7.44. The summed E-state index contributed by atoms with van der Waals surface area (Å²) in [4.78, 5) is 15.1. The maximum atomic E-state index is 12.6. The lowest BCUT2D eigenvalue weighted by molar-refractivity contribution is -0.0462. The van der Waals surface area contributed by atoms with Gasteiger partial charge in [-0.3, -0.25) is 9.78 Å². The van der Waals surface area contributed by atoms with Gasteiger partial charge in [-0.25, -0.2) is 8.78 Å². The number of rotatable bonds is 4. The fourth-order valence-corrected chi connectivity index (χ4v) is 1.27. The number of aliphatic hydroxyl groups is 1. The van der Waals surface area contributed by atoms with Crippen LogP contribution >= 0.6 is 15.9 Å². The lowest BCUT2D eigenvalue weighted by Crippen LogP contribution is -2.39. The quantitative estimate of drug-likeness (QED) is 0.877. The van der Waals surface area contributed by atoms with Crippen LogP contribution in [0.3, 0.4) is 0 Å². The number of hydrogen-bond acceptors (Lipinski definition) is 3. The highest BCUT2D eigenvalue weighted by Crippen LogP contribution is 2.12. The largest absolute Gasteiger partial charge is 0.390 e. The first kappa shape index (κ1) is 13.0. The zero-order chi connectivity index (χ0) is 12.2. The third-order valence-corrected chi connectivity index (χ3v) is 2.14. The Labute approximate surface area is 98.8 Å². The molecular formula is C9H9BrF2N2O2. The number of pyridine rings is 1. The molecule has 0 atom stereocenters. The summed E-state index contributed by atoms with van der Waals surface area (Å²) in [6, 6.07) is 1.46. The summed E-state index contributed by atoms with van der Waals surface area (Å²) in [5.41, 5.74) is 0.170. The van der Waals surface area contributed by atoms with Crippen LogP contribution in [0.5, 0.6) is 0 Å². The van der Waals surface area contributed by atoms with E-state index in [1.54, 1.807) is 0 Å². The molecule has 0 saturated carbocycles. The Balaban J connectivity index is 2.60. The highest BCUT2D eigenvalue weighted by atomic mass is 79.9. The van der Waals surface area contributed by atoms with Gasteiger partial charge < -0.3 is 10.4 Å². The molecule has 1 rings (SSSR count). The highest BCUT2D eigenvalue weighted by molar-refractivity contribution is 9.10. The number of halogens is 3. The van der Waals surface area contributed by atoms with Gasteiger partial charge >= 0.3 is 0 Å². The zero-order valence-electron chi connectivity index (χ0n) is 8.08. The van der Waals surface area contributed by atoms with Crippen LogP contribution in [-0.2, 0) is 0 Å². The summed E-state index contributed by atoms with van der Waals surface area (Å²) in [6.45, 7) is -2.21. The number of amides is 1. The van der Waals surface area contributed by atoms with Crippen molar-refractivity contribution in [2.24, 2.45) is 0 Å². The number of nitrogens with one attached hydrogen (secondary N) is 1. The maximum absolute atomic E-state index is 12.6. The van der Waals surface area contributed by atoms with Crippen molar-refractivity contribution in [3.8, 4) is 0 Å². The molecule has 0 spiro atoms. The molecule has 0 aliphatic carbocycles. The number of carbonyl (C=O) groups excluding carboxylic acids is 1. The Morgan fingerprint density at radius 3 is 2.81 bits per heavy atom. The van der Waals surface area contributed by atoms with E-state index in [-0.39, 0.29) is 5.56 Å². The lowest BCUT2D eigenvalue weighted by atomic mass is 10.2. The van der Waals surface area contributed by atoms with Crippen LogP contribution in [0.15, 0.2) is 22.9 Å². The number of alkyl halides is 2. The molecule has 1 heterocycles. The molecular weight excluding hydrogens is 286 g/mol. The van der Waals surface area contributed by atoms with Gasteiger partial charge in [0.1, 0.15) is 6.61 Å². The first-order valence-electron chi connectivity index (χ1n) is 4.32. The van der Waals surface area contributed by atoms with Crippen LogP contribution in [0.1, 0.15) is 10.4 Å². The Morgan fingerprint density at radius 2 is 2.25 bits per heavy atom. The summed E-state index contributed by atoms with van der Waals surface area (Å²) >= 11 is 3.10. The first-order valence-corrected chi connectivity index (χ1v) is 5.11. The van der Waals surface area contributed by atoms with Crippen LogP contribution in [0.25, 0.3) is 0 Å². The molecule has 0 saturated heterocycles. The van der Waals surface area contributed by atoms with Crippen LogP contribution in [0, 0.1) is 0 Å². The molecule has 2 N–H and O–H groups in total. The summed E-state index contributed by atoms with van der Waals surface area (Å²) < 4.78 is 25.8. The third-order valence-electron chi connectivity index (χ3n) is 1.71. The van der Waals surface area contributed by atoms with E-state index in [9.17, 15) is 13.6 Å². The standard InChI is InChI=1S/C9H9BrF2N2O2/c10-7-1-6(2-13-3-7)8(16)14-4-9(11,12)5-15/h1-3,15H,4-5H2,(H,14,16). The number of aromatic nitrogens is 1. The minimum Gasteiger partial charge on any atom is -0.390 e. The van der Waals surface area contributed by atoms with Gasteiger partial charge in [-0.15, -0.1) is 0 Å². The van der Waals surface area contributed by atoms with Crippen molar-refractivity contribution in [1.82, 2.24) is 10.3 Å². The smallest absolute Gasteiger partial charge is 0.287 e. The van der Waals surface area contributed by atoms with Crippen molar-refractivity contribution >= 4 is 21.8 Å².